The quantitative estimate of drug-likeness (QED) is 0.644. The lowest BCUT2D eigenvalue weighted by Gasteiger charge is -2.16. The summed E-state index contributed by atoms with van der Waals surface area (Å²) in [5.41, 5.74) is 0. The van der Waals surface area contributed by atoms with Crippen molar-refractivity contribution in [3.8, 4) is 0 Å². The summed E-state index contributed by atoms with van der Waals surface area (Å²) in [5, 5.41) is 3.97. The van der Waals surface area contributed by atoms with Gasteiger partial charge in [-0.1, -0.05) is 19.0 Å². The minimum absolute atomic E-state index is 0.175. The molecule has 0 bridgehead atoms. The van der Waals surface area contributed by atoms with Gasteiger partial charge in [-0.3, -0.25) is 0 Å². The van der Waals surface area contributed by atoms with Crippen LogP contribution in [-0.4, -0.2) is 30.0 Å². The van der Waals surface area contributed by atoms with Gasteiger partial charge in [-0.05, 0) is 26.7 Å². The van der Waals surface area contributed by atoms with Crippen LogP contribution >= 0.6 is 0 Å². The molecule has 110 valence electrons. The fraction of sp³-hybridized carbons (Fsp3) is 0.846. The molecule has 6 nitrogen and oxygen atoms in total. The van der Waals surface area contributed by atoms with Crippen LogP contribution in [-0.2, 0) is 14.2 Å². The maximum atomic E-state index is 5.64. The predicted octanol–water partition coefficient (Wildman–Crippen LogP) is 2.87. The molecule has 0 saturated heterocycles. The van der Waals surface area contributed by atoms with E-state index >= 15 is 0 Å². The molecule has 1 aromatic heterocycles. The van der Waals surface area contributed by atoms with E-state index in [1.807, 2.05) is 20.8 Å². The van der Waals surface area contributed by atoms with E-state index in [-0.39, 0.29) is 12.0 Å². The first kappa shape index (κ1) is 16.1. The molecule has 0 spiro atoms. The lowest BCUT2D eigenvalue weighted by Crippen LogP contribution is -2.14. The molecule has 0 amide bonds. The molecule has 0 aromatic carbocycles. The molecule has 1 unspecified atom stereocenters. The van der Waals surface area contributed by atoms with Crippen LogP contribution < -0.4 is 0 Å². The first-order valence-corrected chi connectivity index (χ1v) is 6.82. The van der Waals surface area contributed by atoms with Crippen molar-refractivity contribution < 1.29 is 18.7 Å². The summed E-state index contributed by atoms with van der Waals surface area (Å²) in [6.45, 7) is 11.5. The Balaban J connectivity index is 2.83. The van der Waals surface area contributed by atoms with Crippen LogP contribution in [0.25, 0.3) is 0 Å². The molecular formula is C13H24N2O4. The molecule has 1 rings (SSSR count). The van der Waals surface area contributed by atoms with Crippen LogP contribution in [0, 0.1) is 5.92 Å². The highest BCUT2D eigenvalue weighted by molar-refractivity contribution is 4.93. The van der Waals surface area contributed by atoms with E-state index in [1.165, 1.54) is 0 Å². The Kier molecular flexibility index (Phi) is 6.97. The number of ether oxygens (including phenoxy) is 3. The standard InChI is InChI=1S/C13H24N2O4/c1-6-16-10(9(4)5)11-14-12(19-15-11)13(17-7-2)18-8-3/h9-10,13H,6-8H2,1-5H3. The number of rotatable bonds is 9. The van der Waals surface area contributed by atoms with Crippen molar-refractivity contribution in [1.82, 2.24) is 10.1 Å². The van der Waals surface area contributed by atoms with E-state index in [0.29, 0.717) is 31.5 Å². The van der Waals surface area contributed by atoms with Crippen molar-refractivity contribution in [2.45, 2.75) is 47.0 Å². The van der Waals surface area contributed by atoms with Crippen LogP contribution in [0.5, 0.6) is 0 Å². The number of aromatic nitrogens is 2. The molecule has 1 aromatic rings. The van der Waals surface area contributed by atoms with Crippen LogP contribution in [0.3, 0.4) is 0 Å². The van der Waals surface area contributed by atoms with Crippen molar-refractivity contribution in [3.63, 3.8) is 0 Å². The van der Waals surface area contributed by atoms with Crippen molar-refractivity contribution in [2.24, 2.45) is 5.92 Å². The van der Waals surface area contributed by atoms with Crippen LogP contribution in [0.4, 0.5) is 0 Å². The molecule has 0 aliphatic carbocycles. The van der Waals surface area contributed by atoms with Gasteiger partial charge in [0.25, 0.3) is 5.89 Å². The normalized spacial score (nSPS) is 13.4. The van der Waals surface area contributed by atoms with Gasteiger partial charge in [0, 0.05) is 19.8 Å². The summed E-state index contributed by atoms with van der Waals surface area (Å²) in [4.78, 5) is 4.34. The first-order valence-electron chi connectivity index (χ1n) is 6.82. The van der Waals surface area contributed by atoms with Gasteiger partial charge in [-0.2, -0.15) is 4.98 Å². The first-order chi connectivity index (χ1) is 9.13. The SMILES string of the molecule is CCOC(OCC)c1nc(C(OCC)C(C)C)no1. The van der Waals surface area contributed by atoms with Crippen LogP contribution in [0.1, 0.15) is 58.7 Å². The highest BCUT2D eigenvalue weighted by Gasteiger charge is 2.25. The smallest absolute Gasteiger partial charge is 0.283 e. The molecular weight excluding hydrogens is 248 g/mol. The zero-order chi connectivity index (χ0) is 14.3. The van der Waals surface area contributed by atoms with Crippen molar-refractivity contribution in [1.29, 1.82) is 0 Å². The van der Waals surface area contributed by atoms with Gasteiger partial charge in [0.05, 0.1) is 0 Å². The van der Waals surface area contributed by atoms with Gasteiger partial charge in [0.1, 0.15) is 6.10 Å². The van der Waals surface area contributed by atoms with Crippen molar-refractivity contribution >= 4 is 0 Å². The average molecular weight is 272 g/mol. The number of hydrogen-bond acceptors (Lipinski definition) is 6. The maximum absolute atomic E-state index is 5.64. The van der Waals surface area contributed by atoms with Gasteiger partial charge in [0.2, 0.25) is 12.1 Å². The zero-order valence-corrected chi connectivity index (χ0v) is 12.4. The van der Waals surface area contributed by atoms with E-state index in [4.69, 9.17) is 18.7 Å². The third kappa shape index (κ3) is 4.56. The maximum Gasteiger partial charge on any atom is 0.283 e. The second-order valence-corrected chi connectivity index (χ2v) is 4.35. The van der Waals surface area contributed by atoms with E-state index in [9.17, 15) is 0 Å². The molecule has 0 N–H and O–H groups in total. The summed E-state index contributed by atoms with van der Waals surface area (Å²) in [6.07, 6.45) is -0.780. The van der Waals surface area contributed by atoms with Crippen molar-refractivity contribution in [2.75, 3.05) is 19.8 Å². The van der Waals surface area contributed by atoms with Gasteiger partial charge >= 0.3 is 0 Å². The van der Waals surface area contributed by atoms with Crippen molar-refractivity contribution in [3.05, 3.63) is 11.7 Å². The second-order valence-electron chi connectivity index (χ2n) is 4.35. The van der Waals surface area contributed by atoms with E-state index < -0.39 is 6.29 Å². The molecule has 1 atom stereocenters. The lowest BCUT2D eigenvalue weighted by atomic mass is 10.1. The van der Waals surface area contributed by atoms with Crippen LogP contribution in [0.2, 0.25) is 0 Å². The second kappa shape index (κ2) is 8.24. The molecule has 6 heteroatoms. The fourth-order valence-electron chi connectivity index (χ4n) is 1.70. The van der Waals surface area contributed by atoms with E-state index in [1.54, 1.807) is 0 Å². The summed E-state index contributed by atoms with van der Waals surface area (Å²) < 4.78 is 21.7. The topological polar surface area (TPSA) is 66.6 Å². The van der Waals surface area contributed by atoms with E-state index in [0.717, 1.165) is 0 Å². The zero-order valence-electron chi connectivity index (χ0n) is 12.4. The Hall–Kier alpha value is -0.980. The summed E-state index contributed by atoms with van der Waals surface area (Å²) >= 11 is 0. The third-order valence-corrected chi connectivity index (χ3v) is 2.50. The highest BCUT2D eigenvalue weighted by atomic mass is 16.7. The Bertz CT molecular complexity index is 348. The molecule has 1 heterocycles. The Morgan fingerprint density at radius 3 is 2.05 bits per heavy atom. The highest BCUT2D eigenvalue weighted by Crippen LogP contribution is 2.25. The monoisotopic (exact) mass is 272 g/mol. The average Bonchev–Trinajstić information content (AvgIpc) is 2.84. The van der Waals surface area contributed by atoms with E-state index in [2.05, 4.69) is 24.0 Å². The largest absolute Gasteiger partial charge is 0.370 e. The lowest BCUT2D eigenvalue weighted by molar-refractivity contribution is -0.155. The van der Waals surface area contributed by atoms with Gasteiger partial charge in [0.15, 0.2) is 0 Å². The molecule has 0 saturated carbocycles. The van der Waals surface area contributed by atoms with Gasteiger partial charge < -0.3 is 18.7 Å². The molecule has 0 fully saturated rings. The van der Waals surface area contributed by atoms with Crippen LogP contribution in [0.15, 0.2) is 4.52 Å². The summed E-state index contributed by atoms with van der Waals surface area (Å²) in [5.74, 6) is 1.14. The molecule has 0 radical (unpaired) electrons. The number of hydrogen-bond donors (Lipinski definition) is 0. The number of nitrogens with zero attached hydrogens (tertiary/aromatic N) is 2. The molecule has 0 aliphatic heterocycles. The summed E-state index contributed by atoms with van der Waals surface area (Å²) in [7, 11) is 0. The Morgan fingerprint density at radius 2 is 1.58 bits per heavy atom. The molecule has 19 heavy (non-hydrogen) atoms. The predicted molar refractivity (Wildman–Crippen MR) is 69.5 cm³/mol. The van der Waals surface area contributed by atoms with Gasteiger partial charge in [-0.25, -0.2) is 0 Å². The Morgan fingerprint density at radius 1 is 1.00 bits per heavy atom. The Labute approximate surface area is 114 Å². The molecule has 0 aliphatic rings. The third-order valence-electron chi connectivity index (χ3n) is 2.50. The fourth-order valence-corrected chi connectivity index (χ4v) is 1.70. The summed E-state index contributed by atoms with van der Waals surface area (Å²) in [6, 6.07) is 0. The minimum Gasteiger partial charge on any atom is -0.370 e. The minimum atomic E-state index is -0.606. The van der Waals surface area contributed by atoms with Gasteiger partial charge in [-0.15, -0.1) is 0 Å².